The Bertz CT molecular complexity index is 518. The molecule has 126 valence electrons. The molecule has 0 heterocycles. The number of carboxylic acids is 1. The molecule has 0 saturated heterocycles. The molecule has 2 rings (SSSR count). The lowest BCUT2D eigenvalue weighted by atomic mass is 9.81. The molecular weight excluding hydrogens is 294 g/mol. The number of ether oxygens (including phenoxy) is 1. The summed E-state index contributed by atoms with van der Waals surface area (Å²) in [7, 11) is 0. The van der Waals surface area contributed by atoms with Crippen molar-refractivity contribution >= 4 is 11.9 Å². The number of amides is 1. The van der Waals surface area contributed by atoms with Crippen LogP contribution in [0.15, 0.2) is 24.3 Å². The van der Waals surface area contributed by atoms with Gasteiger partial charge in [-0.15, -0.1) is 0 Å². The third kappa shape index (κ3) is 5.36. The van der Waals surface area contributed by atoms with E-state index in [9.17, 15) is 9.59 Å². The van der Waals surface area contributed by atoms with Crippen LogP contribution in [0.5, 0.6) is 0 Å². The Labute approximate surface area is 137 Å². The molecule has 1 aliphatic rings. The second-order valence-electron chi connectivity index (χ2n) is 6.06. The van der Waals surface area contributed by atoms with Gasteiger partial charge in [0, 0.05) is 19.1 Å². The molecule has 0 spiro atoms. The predicted molar refractivity (Wildman–Crippen MR) is 86.7 cm³/mol. The Morgan fingerprint density at radius 2 is 1.65 bits per heavy atom. The van der Waals surface area contributed by atoms with E-state index in [1.807, 2.05) is 31.2 Å². The van der Waals surface area contributed by atoms with Gasteiger partial charge in [0.05, 0.1) is 12.5 Å². The Morgan fingerprint density at radius 3 is 2.22 bits per heavy atom. The van der Waals surface area contributed by atoms with Gasteiger partial charge in [0.2, 0.25) is 5.91 Å². The molecular formula is C18H25NO4. The quantitative estimate of drug-likeness (QED) is 0.810. The van der Waals surface area contributed by atoms with Crippen LogP contribution in [0.25, 0.3) is 0 Å². The van der Waals surface area contributed by atoms with Gasteiger partial charge in [-0.3, -0.25) is 9.59 Å². The smallest absolute Gasteiger partial charge is 0.306 e. The van der Waals surface area contributed by atoms with Crippen LogP contribution in [0.3, 0.4) is 0 Å². The van der Waals surface area contributed by atoms with Gasteiger partial charge in [-0.2, -0.15) is 0 Å². The highest BCUT2D eigenvalue weighted by atomic mass is 16.5. The lowest BCUT2D eigenvalue weighted by Gasteiger charge is -2.25. The van der Waals surface area contributed by atoms with E-state index in [0.29, 0.717) is 45.4 Å². The Balaban J connectivity index is 1.75. The maximum absolute atomic E-state index is 12.2. The third-order valence-corrected chi connectivity index (χ3v) is 4.41. The number of carbonyl (C=O) groups excluding carboxylic acids is 1. The molecule has 1 fully saturated rings. The summed E-state index contributed by atoms with van der Waals surface area (Å²) in [6.45, 7) is 3.78. The van der Waals surface area contributed by atoms with E-state index in [0.717, 1.165) is 11.1 Å². The van der Waals surface area contributed by atoms with Crippen molar-refractivity contribution in [2.75, 3.05) is 6.61 Å². The van der Waals surface area contributed by atoms with Gasteiger partial charge in [0.25, 0.3) is 0 Å². The molecule has 1 aliphatic carbocycles. The molecule has 0 unspecified atom stereocenters. The van der Waals surface area contributed by atoms with Gasteiger partial charge in [-0.1, -0.05) is 24.3 Å². The molecule has 0 bridgehead atoms. The van der Waals surface area contributed by atoms with E-state index < -0.39 is 5.97 Å². The summed E-state index contributed by atoms with van der Waals surface area (Å²) in [4.78, 5) is 23.1. The van der Waals surface area contributed by atoms with Crippen molar-refractivity contribution in [1.29, 1.82) is 0 Å². The summed E-state index contributed by atoms with van der Waals surface area (Å²) < 4.78 is 5.35. The van der Waals surface area contributed by atoms with Crippen LogP contribution in [-0.4, -0.2) is 23.6 Å². The molecule has 5 nitrogen and oxygen atoms in total. The third-order valence-electron chi connectivity index (χ3n) is 4.41. The summed E-state index contributed by atoms with van der Waals surface area (Å²) in [6.07, 6.45) is 2.52. The van der Waals surface area contributed by atoms with Crippen LogP contribution >= 0.6 is 0 Å². The summed E-state index contributed by atoms with van der Waals surface area (Å²) >= 11 is 0. The van der Waals surface area contributed by atoms with Crippen LogP contribution in [-0.2, 0) is 27.5 Å². The molecule has 1 amide bonds. The molecule has 0 atom stereocenters. The van der Waals surface area contributed by atoms with E-state index in [2.05, 4.69) is 5.32 Å². The fraction of sp³-hybridized carbons (Fsp3) is 0.556. The van der Waals surface area contributed by atoms with Crippen LogP contribution in [0, 0.1) is 11.8 Å². The van der Waals surface area contributed by atoms with Crippen LogP contribution < -0.4 is 5.32 Å². The van der Waals surface area contributed by atoms with Crippen molar-refractivity contribution in [3.63, 3.8) is 0 Å². The maximum atomic E-state index is 12.2. The summed E-state index contributed by atoms with van der Waals surface area (Å²) in [5, 5.41) is 11.9. The number of hydrogen-bond acceptors (Lipinski definition) is 3. The van der Waals surface area contributed by atoms with Crippen LogP contribution in [0.4, 0.5) is 0 Å². The monoisotopic (exact) mass is 319 g/mol. The molecule has 1 saturated carbocycles. The fourth-order valence-corrected chi connectivity index (χ4v) is 2.91. The van der Waals surface area contributed by atoms with E-state index in [4.69, 9.17) is 9.84 Å². The maximum Gasteiger partial charge on any atom is 0.306 e. The minimum Gasteiger partial charge on any atom is -0.481 e. The highest BCUT2D eigenvalue weighted by Gasteiger charge is 2.29. The largest absolute Gasteiger partial charge is 0.481 e. The van der Waals surface area contributed by atoms with Crippen LogP contribution in [0.1, 0.15) is 43.7 Å². The van der Waals surface area contributed by atoms with E-state index >= 15 is 0 Å². The van der Waals surface area contributed by atoms with E-state index in [1.165, 1.54) is 0 Å². The number of hydrogen-bond donors (Lipinski definition) is 2. The van der Waals surface area contributed by atoms with Gasteiger partial charge in [0.1, 0.15) is 0 Å². The Hall–Kier alpha value is -1.88. The topological polar surface area (TPSA) is 75.6 Å². The molecule has 23 heavy (non-hydrogen) atoms. The standard InChI is InChI=1S/C18H25NO4/c1-2-23-12-14-5-3-13(4-6-14)11-19-17(20)15-7-9-16(10-8-15)18(21)22/h3-6,15-16H,2,7-12H2,1H3,(H,19,20)(H,21,22). The zero-order valence-corrected chi connectivity index (χ0v) is 13.6. The van der Waals surface area contributed by atoms with E-state index in [-0.39, 0.29) is 17.7 Å². The normalized spacial score (nSPS) is 20.9. The second kappa shape index (κ2) is 8.67. The van der Waals surface area contributed by atoms with Crippen molar-refractivity contribution in [3.05, 3.63) is 35.4 Å². The predicted octanol–water partition coefficient (Wildman–Crippen LogP) is 2.73. The molecule has 5 heteroatoms. The van der Waals surface area contributed by atoms with Gasteiger partial charge in [0.15, 0.2) is 0 Å². The first-order valence-corrected chi connectivity index (χ1v) is 8.26. The average Bonchev–Trinajstić information content (AvgIpc) is 2.58. The van der Waals surface area contributed by atoms with E-state index in [1.54, 1.807) is 0 Å². The van der Waals surface area contributed by atoms with Gasteiger partial charge in [-0.05, 0) is 43.7 Å². The Kier molecular flexibility index (Phi) is 6.59. The lowest BCUT2D eigenvalue weighted by molar-refractivity contribution is -0.144. The van der Waals surface area contributed by atoms with Gasteiger partial charge < -0.3 is 15.2 Å². The van der Waals surface area contributed by atoms with Crippen molar-refractivity contribution < 1.29 is 19.4 Å². The first-order valence-electron chi connectivity index (χ1n) is 8.26. The molecule has 1 aromatic carbocycles. The van der Waals surface area contributed by atoms with Crippen molar-refractivity contribution in [1.82, 2.24) is 5.32 Å². The number of carboxylic acid groups (broad SMARTS) is 1. The number of nitrogens with one attached hydrogen (secondary N) is 1. The summed E-state index contributed by atoms with van der Waals surface area (Å²) in [6, 6.07) is 8.01. The number of carbonyl (C=O) groups is 2. The van der Waals surface area contributed by atoms with Gasteiger partial charge >= 0.3 is 5.97 Å². The zero-order valence-electron chi connectivity index (χ0n) is 13.6. The highest BCUT2D eigenvalue weighted by Crippen LogP contribution is 2.29. The second-order valence-corrected chi connectivity index (χ2v) is 6.06. The van der Waals surface area contributed by atoms with Crippen molar-refractivity contribution in [2.24, 2.45) is 11.8 Å². The van der Waals surface area contributed by atoms with Crippen molar-refractivity contribution in [2.45, 2.75) is 45.8 Å². The molecule has 0 aromatic heterocycles. The number of rotatable bonds is 7. The first kappa shape index (κ1) is 17.5. The molecule has 0 aliphatic heterocycles. The molecule has 2 N–H and O–H groups in total. The van der Waals surface area contributed by atoms with Crippen LogP contribution in [0.2, 0.25) is 0 Å². The number of benzene rings is 1. The average molecular weight is 319 g/mol. The summed E-state index contributed by atoms with van der Waals surface area (Å²) in [5.41, 5.74) is 2.17. The first-order chi connectivity index (χ1) is 11.1. The zero-order chi connectivity index (χ0) is 16.7. The molecule has 0 radical (unpaired) electrons. The van der Waals surface area contributed by atoms with Gasteiger partial charge in [-0.25, -0.2) is 0 Å². The SMILES string of the molecule is CCOCc1ccc(CNC(=O)C2CCC(C(=O)O)CC2)cc1. The highest BCUT2D eigenvalue weighted by molar-refractivity contribution is 5.79. The minimum atomic E-state index is -0.740. The minimum absolute atomic E-state index is 0.0345. The summed E-state index contributed by atoms with van der Waals surface area (Å²) in [5.74, 6) is -1.04. The lowest BCUT2D eigenvalue weighted by Crippen LogP contribution is -2.34. The van der Waals surface area contributed by atoms with Crippen molar-refractivity contribution in [3.8, 4) is 0 Å². The molecule has 1 aromatic rings. The Morgan fingerprint density at radius 1 is 1.09 bits per heavy atom. The fourth-order valence-electron chi connectivity index (χ4n) is 2.91. The number of aliphatic carboxylic acids is 1.